The van der Waals surface area contributed by atoms with Crippen LogP contribution in [-0.2, 0) is 6.54 Å². The molecule has 1 aliphatic heterocycles. The molecule has 0 spiro atoms. The number of imidazole rings is 2. The lowest BCUT2D eigenvalue weighted by Gasteiger charge is -2.26. The summed E-state index contributed by atoms with van der Waals surface area (Å²) >= 11 is 3.54. The number of piperidine rings is 1. The second-order valence-corrected chi connectivity index (χ2v) is 11.2. The summed E-state index contributed by atoms with van der Waals surface area (Å²) in [5, 5.41) is 0. The Hall–Kier alpha value is -3.88. The summed E-state index contributed by atoms with van der Waals surface area (Å²) in [4.78, 5) is 21.7. The first-order valence-corrected chi connectivity index (χ1v) is 14.8. The summed E-state index contributed by atoms with van der Waals surface area (Å²) in [7, 11) is 3.21. The lowest BCUT2D eigenvalue weighted by Crippen LogP contribution is -2.32. The van der Waals surface area contributed by atoms with Crippen LogP contribution in [0.3, 0.4) is 0 Å². The van der Waals surface area contributed by atoms with E-state index >= 15 is 0 Å². The van der Waals surface area contributed by atoms with Crippen LogP contribution < -0.4 is 9.47 Å². The fourth-order valence-corrected chi connectivity index (χ4v) is 5.96. The van der Waals surface area contributed by atoms with E-state index in [-0.39, 0.29) is 5.78 Å². The highest BCUT2D eigenvalue weighted by Crippen LogP contribution is 2.32. The number of para-hydroxylation sites is 2. The molecule has 1 aliphatic rings. The monoisotopic (exact) mass is 612 g/mol. The molecular formula is C33H33BrN4O3. The number of hydrogen-bond acceptors (Lipinski definition) is 5. The number of methoxy groups -OCH3 is 2. The van der Waals surface area contributed by atoms with E-state index in [4.69, 9.17) is 14.5 Å². The predicted octanol–water partition coefficient (Wildman–Crippen LogP) is 7.12. The van der Waals surface area contributed by atoms with Gasteiger partial charge in [0.1, 0.15) is 11.4 Å². The first-order valence-electron chi connectivity index (χ1n) is 14.0. The van der Waals surface area contributed by atoms with E-state index in [1.165, 1.54) is 19.3 Å². The number of likely N-dealkylation sites (tertiary alicyclic amines) is 1. The van der Waals surface area contributed by atoms with Gasteiger partial charge in [-0.05, 0) is 74.0 Å². The number of fused-ring (bicyclic) bond motifs is 3. The van der Waals surface area contributed by atoms with Crippen molar-refractivity contribution < 1.29 is 14.3 Å². The third-order valence-corrected chi connectivity index (χ3v) is 8.32. The Morgan fingerprint density at radius 3 is 2.37 bits per heavy atom. The number of nitrogens with zero attached hydrogens (tertiary/aromatic N) is 4. The first-order chi connectivity index (χ1) is 20.1. The molecule has 5 aromatic rings. The van der Waals surface area contributed by atoms with Gasteiger partial charge in [0.2, 0.25) is 11.6 Å². The van der Waals surface area contributed by atoms with E-state index in [0.29, 0.717) is 22.9 Å². The number of hydrogen-bond donors (Lipinski definition) is 0. The number of rotatable bonds is 9. The SMILES string of the molecule is COc1ccc(/C=C/C(=O)c2c(-c3ccc(Br)cc3)nc3n(CCN4CCCCC4)c4ccccc4n23)cc1OC. The van der Waals surface area contributed by atoms with Gasteiger partial charge in [-0.15, -0.1) is 0 Å². The van der Waals surface area contributed by atoms with E-state index in [1.54, 1.807) is 20.3 Å². The van der Waals surface area contributed by atoms with Crippen molar-refractivity contribution in [2.45, 2.75) is 25.8 Å². The Balaban J connectivity index is 1.47. The molecule has 0 aliphatic carbocycles. The quantitative estimate of drug-likeness (QED) is 0.131. The minimum absolute atomic E-state index is 0.121. The average Bonchev–Trinajstić information content (AvgIpc) is 3.54. The third kappa shape index (κ3) is 5.42. The van der Waals surface area contributed by atoms with Gasteiger partial charge in [-0.2, -0.15) is 0 Å². The molecule has 0 radical (unpaired) electrons. The standard InChI is InChI=1S/C33H33BrN4O3/c1-40-29-17-11-23(22-30(29)41-2)10-16-28(39)32-31(24-12-14-25(34)15-13-24)35-33-37(21-20-36-18-6-3-7-19-36)26-8-4-5-9-27(26)38(32)33/h4-5,8-17,22H,3,6-7,18-21H2,1-2H3/b16-10+. The van der Waals surface area contributed by atoms with Crippen molar-refractivity contribution >= 4 is 44.6 Å². The van der Waals surface area contributed by atoms with Gasteiger partial charge in [0.05, 0.1) is 25.3 Å². The molecule has 1 saturated heterocycles. The minimum Gasteiger partial charge on any atom is -0.493 e. The van der Waals surface area contributed by atoms with Crippen LogP contribution in [-0.4, -0.2) is 58.5 Å². The zero-order chi connectivity index (χ0) is 28.3. The summed E-state index contributed by atoms with van der Waals surface area (Å²) in [6, 6.07) is 21.8. The lowest BCUT2D eigenvalue weighted by molar-refractivity contribution is 0.104. The Labute approximate surface area is 248 Å². The highest BCUT2D eigenvalue weighted by molar-refractivity contribution is 9.10. The van der Waals surface area contributed by atoms with Crippen LogP contribution in [0.25, 0.3) is 34.1 Å². The number of aromatic nitrogens is 3. The fraction of sp³-hybridized carbons (Fsp3) is 0.273. The van der Waals surface area contributed by atoms with E-state index < -0.39 is 0 Å². The van der Waals surface area contributed by atoms with Gasteiger partial charge in [-0.3, -0.25) is 9.20 Å². The van der Waals surface area contributed by atoms with Gasteiger partial charge < -0.3 is 18.9 Å². The van der Waals surface area contributed by atoms with Crippen molar-refractivity contribution in [1.29, 1.82) is 0 Å². The molecule has 0 N–H and O–H groups in total. The number of carbonyl (C=O) groups excluding carboxylic acids is 1. The van der Waals surface area contributed by atoms with Crippen LogP contribution in [0, 0.1) is 0 Å². The predicted molar refractivity (Wildman–Crippen MR) is 167 cm³/mol. The third-order valence-electron chi connectivity index (χ3n) is 7.79. The number of benzene rings is 3. The number of ketones is 1. The molecule has 3 heterocycles. The Kier molecular flexibility index (Phi) is 7.94. The van der Waals surface area contributed by atoms with Gasteiger partial charge in [0, 0.05) is 23.1 Å². The molecule has 210 valence electrons. The van der Waals surface area contributed by atoms with Crippen LogP contribution in [0.2, 0.25) is 0 Å². The largest absolute Gasteiger partial charge is 0.493 e. The van der Waals surface area contributed by atoms with Crippen molar-refractivity contribution in [2.75, 3.05) is 33.9 Å². The fourth-order valence-electron chi connectivity index (χ4n) is 5.70. The summed E-state index contributed by atoms with van der Waals surface area (Å²) in [5.74, 6) is 1.91. The van der Waals surface area contributed by atoms with Crippen LogP contribution in [0.4, 0.5) is 0 Å². The molecule has 0 saturated carbocycles. The maximum atomic E-state index is 14.1. The van der Waals surface area contributed by atoms with Gasteiger partial charge >= 0.3 is 0 Å². The molecule has 3 aromatic carbocycles. The van der Waals surface area contributed by atoms with Crippen molar-refractivity contribution in [3.63, 3.8) is 0 Å². The zero-order valence-electron chi connectivity index (χ0n) is 23.3. The van der Waals surface area contributed by atoms with Crippen molar-refractivity contribution in [2.24, 2.45) is 0 Å². The molecule has 6 rings (SSSR count). The molecule has 0 bridgehead atoms. The molecule has 1 fully saturated rings. The van der Waals surface area contributed by atoms with Gasteiger partial charge in [0.15, 0.2) is 11.5 Å². The molecule has 7 nitrogen and oxygen atoms in total. The summed E-state index contributed by atoms with van der Waals surface area (Å²) in [5.41, 5.74) is 5.00. The van der Waals surface area contributed by atoms with Gasteiger partial charge in [0.25, 0.3) is 0 Å². The molecule has 2 aromatic heterocycles. The lowest BCUT2D eigenvalue weighted by atomic mass is 10.1. The maximum Gasteiger partial charge on any atom is 0.216 e. The average molecular weight is 614 g/mol. The molecule has 8 heteroatoms. The molecule has 0 atom stereocenters. The van der Waals surface area contributed by atoms with Crippen LogP contribution in [0.1, 0.15) is 35.3 Å². The Morgan fingerprint density at radius 2 is 1.63 bits per heavy atom. The summed E-state index contributed by atoms with van der Waals surface area (Å²) in [6.07, 6.45) is 7.25. The number of allylic oxidation sites excluding steroid dienone is 1. The smallest absolute Gasteiger partial charge is 0.216 e. The number of ether oxygens (including phenoxy) is 2. The number of halogens is 1. The highest BCUT2D eigenvalue weighted by Gasteiger charge is 2.25. The van der Waals surface area contributed by atoms with Gasteiger partial charge in [-0.25, -0.2) is 4.98 Å². The van der Waals surface area contributed by atoms with Gasteiger partial charge in [-0.1, -0.05) is 58.8 Å². The van der Waals surface area contributed by atoms with Crippen LogP contribution in [0.15, 0.2) is 77.3 Å². The normalized spacial score (nSPS) is 14.3. The van der Waals surface area contributed by atoms with E-state index in [0.717, 1.165) is 58.6 Å². The van der Waals surface area contributed by atoms with Crippen LogP contribution >= 0.6 is 15.9 Å². The Bertz CT molecular complexity index is 1730. The van der Waals surface area contributed by atoms with E-state index in [1.807, 2.05) is 65.1 Å². The van der Waals surface area contributed by atoms with Crippen molar-refractivity contribution in [1.82, 2.24) is 18.9 Å². The van der Waals surface area contributed by atoms with Crippen LogP contribution in [0.5, 0.6) is 11.5 Å². The van der Waals surface area contributed by atoms with Crippen molar-refractivity contribution in [3.8, 4) is 22.8 Å². The summed E-state index contributed by atoms with van der Waals surface area (Å²) < 4.78 is 16.1. The summed E-state index contributed by atoms with van der Waals surface area (Å²) in [6.45, 7) is 4.04. The Morgan fingerprint density at radius 1 is 0.902 bits per heavy atom. The molecular weight excluding hydrogens is 580 g/mol. The molecule has 41 heavy (non-hydrogen) atoms. The van der Waals surface area contributed by atoms with E-state index in [9.17, 15) is 4.79 Å². The van der Waals surface area contributed by atoms with Crippen molar-refractivity contribution in [3.05, 3.63) is 88.5 Å². The second kappa shape index (κ2) is 11.9. The zero-order valence-corrected chi connectivity index (χ0v) is 24.9. The second-order valence-electron chi connectivity index (χ2n) is 10.3. The maximum absolute atomic E-state index is 14.1. The molecule has 0 unspecified atom stereocenters. The highest BCUT2D eigenvalue weighted by atomic mass is 79.9. The number of carbonyl (C=O) groups is 1. The topological polar surface area (TPSA) is 61.0 Å². The minimum atomic E-state index is -0.121. The van der Waals surface area contributed by atoms with E-state index in [2.05, 4.69) is 37.5 Å². The molecule has 0 amide bonds. The first kappa shape index (κ1) is 27.3.